The number of aryl methyl sites for hydroxylation is 1. The molecule has 0 bridgehead atoms. The Balaban J connectivity index is 1.42. The highest BCUT2D eigenvalue weighted by molar-refractivity contribution is 5.97. The summed E-state index contributed by atoms with van der Waals surface area (Å²) in [4.78, 5) is 26.2. The number of hydrogen-bond donors (Lipinski definition) is 2. The topological polar surface area (TPSA) is 50.6 Å². The summed E-state index contributed by atoms with van der Waals surface area (Å²) >= 11 is 0. The van der Waals surface area contributed by atoms with Gasteiger partial charge in [0.1, 0.15) is 0 Å². The van der Waals surface area contributed by atoms with Crippen LogP contribution in [-0.2, 0) is 4.79 Å². The predicted octanol–water partition coefficient (Wildman–Crippen LogP) is 1.92. The molecule has 0 unspecified atom stereocenters. The summed E-state index contributed by atoms with van der Waals surface area (Å²) in [6.45, 7) is 4.43. The Morgan fingerprint density at radius 3 is 2.28 bits per heavy atom. The molecule has 2 fully saturated rings. The number of rotatable bonds is 5. The molecule has 1 saturated heterocycles. The zero-order valence-corrected chi connectivity index (χ0v) is 15.4. The molecule has 0 atom stereocenters. The van der Waals surface area contributed by atoms with Gasteiger partial charge in [0.15, 0.2) is 12.3 Å². The smallest absolute Gasteiger partial charge is 0.275 e. The van der Waals surface area contributed by atoms with Crippen molar-refractivity contribution in [3.63, 3.8) is 0 Å². The molecule has 1 heterocycles. The van der Waals surface area contributed by atoms with Crippen LogP contribution in [0.1, 0.15) is 60.9 Å². The molecule has 4 heteroatoms. The van der Waals surface area contributed by atoms with Crippen molar-refractivity contribution < 1.29 is 14.5 Å². The van der Waals surface area contributed by atoms with E-state index in [2.05, 4.69) is 5.32 Å². The van der Waals surface area contributed by atoms with Crippen LogP contribution in [0, 0.1) is 12.8 Å². The summed E-state index contributed by atoms with van der Waals surface area (Å²) in [6, 6.07) is 8.27. The fourth-order valence-electron chi connectivity index (χ4n) is 4.17. The first kappa shape index (κ1) is 18.1. The number of likely N-dealkylation sites (tertiary alicyclic amines) is 1. The van der Waals surface area contributed by atoms with Crippen LogP contribution in [0.2, 0.25) is 0 Å². The Kier molecular flexibility index (Phi) is 6.24. The van der Waals surface area contributed by atoms with Crippen LogP contribution in [0.3, 0.4) is 0 Å². The lowest BCUT2D eigenvalue weighted by Gasteiger charge is -2.29. The van der Waals surface area contributed by atoms with Crippen molar-refractivity contribution in [1.82, 2.24) is 5.32 Å². The molecule has 1 aromatic carbocycles. The molecule has 25 heavy (non-hydrogen) atoms. The molecule has 136 valence electrons. The molecular weight excluding hydrogens is 312 g/mol. The molecule has 1 amide bonds. The molecule has 1 aromatic rings. The average Bonchev–Trinajstić information content (AvgIpc) is 2.63. The fourth-order valence-corrected chi connectivity index (χ4v) is 4.17. The quantitative estimate of drug-likeness (QED) is 0.803. The normalized spacial score (nSPS) is 24.7. The Bertz CT molecular complexity index is 582. The van der Waals surface area contributed by atoms with Crippen molar-refractivity contribution in [1.29, 1.82) is 0 Å². The number of carbonyl (C=O) groups is 2. The lowest BCUT2D eigenvalue weighted by Crippen LogP contribution is -3.14. The zero-order chi connectivity index (χ0) is 17.6. The Labute approximate surface area is 151 Å². The average molecular weight is 343 g/mol. The Morgan fingerprint density at radius 1 is 1.00 bits per heavy atom. The van der Waals surface area contributed by atoms with Crippen molar-refractivity contribution in [2.24, 2.45) is 5.92 Å². The molecular formula is C21H31N2O2+. The number of piperidine rings is 1. The van der Waals surface area contributed by atoms with Gasteiger partial charge in [-0.3, -0.25) is 9.59 Å². The van der Waals surface area contributed by atoms with Crippen molar-refractivity contribution in [3.05, 3.63) is 35.4 Å². The van der Waals surface area contributed by atoms with Gasteiger partial charge in [-0.15, -0.1) is 0 Å². The Hall–Kier alpha value is -1.68. The van der Waals surface area contributed by atoms with E-state index in [0.717, 1.165) is 44.3 Å². The Morgan fingerprint density at radius 2 is 1.64 bits per heavy atom. The standard InChI is InChI=1S/C21H30N2O2/c1-16-7-9-17(10-8-16)21(25)18-11-13-23(14-12-18)15-20(24)22-19-5-3-2-4-6-19/h7-10,18-19H,2-6,11-15H2,1H3,(H,22,24)/p+1. The molecule has 2 N–H and O–H groups in total. The van der Waals surface area contributed by atoms with Crippen LogP contribution in [0.25, 0.3) is 0 Å². The van der Waals surface area contributed by atoms with E-state index in [4.69, 9.17) is 0 Å². The van der Waals surface area contributed by atoms with E-state index in [1.54, 1.807) is 0 Å². The second-order valence-corrected chi connectivity index (χ2v) is 7.83. The minimum absolute atomic E-state index is 0.118. The first-order valence-electron chi connectivity index (χ1n) is 9.85. The molecule has 0 spiro atoms. The SMILES string of the molecule is Cc1ccc(C(=O)C2CC[NH+](CC(=O)NC3CCCCC3)CC2)cc1. The van der Waals surface area contributed by atoms with Crippen LogP contribution in [0.4, 0.5) is 0 Å². The van der Waals surface area contributed by atoms with Crippen molar-refractivity contribution in [2.45, 2.75) is 57.9 Å². The monoisotopic (exact) mass is 343 g/mol. The molecule has 2 aliphatic rings. The van der Waals surface area contributed by atoms with Gasteiger partial charge >= 0.3 is 0 Å². The summed E-state index contributed by atoms with van der Waals surface area (Å²) in [5.74, 6) is 0.573. The second-order valence-electron chi connectivity index (χ2n) is 7.83. The van der Waals surface area contributed by atoms with E-state index in [1.165, 1.54) is 29.7 Å². The number of ketones is 1. The first-order chi connectivity index (χ1) is 12.1. The van der Waals surface area contributed by atoms with Crippen LogP contribution in [0.15, 0.2) is 24.3 Å². The number of quaternary nitrogens is 1. The van der Waals surface area contributed by atoms with E-state index in [9.17, 15) is 9.59 Å². The third-order valence-corrected chi connectivity index (χ3v) is 5.78. The van der Waals surface area contributed by atoms with Crippen LogP contribution in [0.5, 0.6) is 0 Å². The maximum Gasteiger partial charge on any atom is 0.275 e. The largest absolute Gasteiger partial charge is 0.348 e. The van der Waals surface area contributed by atoms with Crippen molar-refractivity contribution in [3.8, 4) is 0 Å². The van der Waals surface area contributed by atoms with Gasteiger partial charge in [-0.1, -0.05) is 49.1 Å². The highest BCUT2D eigenvalue weighted by Crippen LogP contribution is 2.18. The summed E-state index contributed by atoms with van der Waals surface area (Å²) < 4.78 is 0. The van der Waals surface area contributed by atoms with Gasteiger partial charge in [-0.05, 0) is 19.8 Å². The van der Waals surface area contributed by atoms with Crippen LogP contribution in [-0.4, -0.2) is 37.4 Å². The number of carbonyl (C=O) groups excluding carboxylic acids is 2. The molecule has 1 aliphatic carbocycles. The maximum absolute atomic E-state index is 12.6. The van der Waals surface area contributed by atoms with Crippen LogP contribution >= 0.6 is 0 Å². The third-order valence-electron chi connectivity index (χ3n) is 5.78. The van der Waals surface area contributed by atoms with E-state index >= 15 is 0 Å². The summed E-state index contributed by atoms with van der Waals surface area (Å²) in [7, 11) is 0. The number of Topliss-reactive ketones (excluding diaryl/α,β-unsaturated/α-hetero) is 1. The maximum atomic E-state index is 12.6. The fraction of sp³-hybridized carbons (Fsp3) is 0.619. The molecule has 4 nitrogen and oxygen atoms in total. The van der Waals surface area contributed by atoms with Crippen LogP contribution < -0.4 is 10.2 Å². The lowest BCUT2D eigenvalue weighted by atomic mass is 9.88. The van der Waals surface area contributed by atoms with E-state index in [1.807, 2.05) is 31.2 Å². The lowest BCUT2D eigenvalue weighted by molar-refractivity contribution is -0.897. The number of hydrogen-bond acceptors (Lipinski definition) is 2. The highest BCUT2D eigenvalue weighted by Gasteiger charge is 2.29. The summed E-state index contributed by atoms with van der Waals surface area (Å²) in [5, 5.41) is 3.20. The number of amides is 1. The predicted molar refractivity (Wildman–Crippen MR) is 98.8 cm³/mol. The van der Waals surface area contributed by atoms with E-state index in [0.29, 0.717) is 12.6 Å². The summed E-state index contributed by atoms with van der Waals surface area (Å²) in [6.07, 6.45) is 7.83. The van der Waals surface area contributed by atoms with Gasteiger partial charge in [0.25, 0.3) is 5.91 Å². The molecule has 1 saturated carbocycles. The minimum atomic E-state index is 0.118. The van der Waals surface area contributed by atoms with E-state index < -0.39 is 0 Å². The number of nitrogens with one attached hydrogen (secondary N) is 2. The van der Waals surface area contributed by atoms with Gasteiger partial charge in [-0.2, -0.15) is 0 Å². The van der Waals surface area contributed by atoms with Crippen molar-refractivity contribution >= 4 is 11.7 Å². The van der Waals surface area contributed by atoms with Gasteiger partial charge in [0, 0.05) is 30.4 Å². The summed E-state index contributed by atoms with van der Waals surface area (Å²) in [5.41, 5.74) is 2.01. The minimum Gasteiger partial charge on any atom is -0.348 e. The van der Waals surface area contributed by atoms with Gasteiger partial charge < -0.3 is 10.2 Å². The molecule has 3 rings (SSSR count). The molecule has 0 aromatic heterocycles. The van der Waals surface area contributed by atoms with Gasteiger partial charge in [-0.25, -0.2) is 0 Å². The number of benzene rings is 1. The van der Waals surface area contributed by atoms with E-state index in [-0.39, 0.29) is 17.6 Å². The molecule has 1 aliphatic heterocycles. The first-order valence-corrected chi connectivity index (χ1v) is 9.85. The highest BCUT2D eigenvalue weighted by atomic mass is 16.2. The molecule has 0 radical (unpaired) electrons. The third kappa shape index (κ3) is 5.15. The van der Waals surface area contributed by atoms with Gasteiger partial charge in [0.2, 0.25) is 0 Å². The van der Waals surface area contributed by atoms with Gasteiger partial charge in [0.05, 0.1) is 13.1 Å². The zero-order valence-electron chi connectivity index (χ0n) is 15.4. The second kappa shape index (κ2) is 8.61. The van der Waals surface area contributed by atoms with Crippen molar-refractivity contribution in [2.75, 3.05) is 19.6 Å².